The van der Waals surface area contributed by atoms with E-state index in [2.05, 4.69) is 15.2 Å². The van der Waals surface area contributed by atoms with Crippen molar-refractivity contribution in [3.63, 3.8) is 0 Å². The summed E-state index contributed by atoms with van der Waals surface area (Å²) in [6.07, 6.45) is 4.06. The van der Waals surface area contributed by atoms with Gasteiger partial charge in [-0.1, -0.05) is 0 Å². The van der Waals surface area contributed by atoms with E-state index in [1.165, 1.54) is 12.8 Å². The minimum absolute atomic E-state index is 0. The predicted molar refractivity (Wildman–Crippen MR) is 96.0 cm³/mol. The zero-order valence-corrected chi connectivity index (χ0v) is 16.1. The summed E-state index contributed by atoms with van der Waals surface area (Å²) in [6, 6.07) is 0. The summed E-state index contributed by atoms with van der Waals surface area (Å²) in [4.78, 5) is 6.59. The van der Waals surface area contributed by atoms with Crippen molar-refractivity contribution in [3.8, 4) is 0 Å². The Kier molecular flexibility index (Phi) is 6.66. The van der Waals surface area contributed by atoms with Crippen molar-refractivity contribution in [2.45, 2.75) is 24.8 Å². The summed E-state index contributed by atoms with van der Waals surface area (Å²) in [5.74, 6) is 1.46. The first kappa shape index (κ1) is 19.7. The number of halogens is 1. The summed E-state index contributed by atoms with van der Waals surface area (Å²) >= 11 is 0. The molecule has 2 fully saturated rings. The maximum Gasteiger partial charge on any atom is 0.262 e. The zero-order valence-electron chi connectivity index (χ0n) is 14.4. The van der Waals surface area contributed by atoms with E-state index in [9.17, 15) is 8.42 Å². The molecule has 138 valence electrons. The van der Waals surface area contributed by atoms with Crippen LogP contribution in [0.15, 0.2) is 11.2 Å². The Morgan fingerprint density at radius 1 is 1.21 bits per heavy atom. The summed E-state index contributed by atoms with van der Waals surface area (Å²) in [6.45, 7) is 7.88. The van der Waals surface area contributed by atoms with Crippen LogP contribution in [0.5, 0.6) is 0 Å². The number of sulfonamides is 1. The van der Waals surface area contributed by atoms with Crippen molar-refractivity contribution < 1.29 is 8.42 Å². The van der Waals surface area contributed by atoms with Crippen LogP contribution in [0.1, 0.15) is 18.7 Å². The van der Waals surface area contributed by atoms with Gasteiger partial charge in [0.15, 0.2) is 5.03 Å². The van der Waals surface area contributed by atoms with Gasteiger partial charge in [0.2, 0.25) is 0 Å². The van der Waals surface area contributed by atoms with Crippen LogP contribution in [0.2, 0.25) is 0 Å². The fourth-order valence-electron chi connectivity index (χ4n) is 3.36. The lowest BCUT2D eigenvalue weighted by molar-refractivity contribution is 0.152. The number of aryl methyl sites for hydroxylation is 2. The summed E-state index contributed by atoms with van der Waals surface area (Å²) in [5, 5.41) is 3.56. The van der Waals surface area contributed by atoms with Crippen molar-refractivity contribution in [3.05, 3.63) is 12.0 Å². The number of hydrogen-bond donors (Lipinski definition) is 1. The molecule has 0 amide bonds. The third kappa shape index (κ3) is 4.29. The van der Waals surface area contributed by atoms with Crippen molar-refractivity contribution in [2.75, 3.05) is 45.8 Å². The highest BCUT2D eigenvalue weighted by molar-refractivity contribution is 7.89. The van der Waals surface area contributed by atoms with Gasteiger partial charge >= 0.3 is 0 Å². The molecule has 2 aliphatic rings. The van der Waals surface area contributed by atoms with Crippen LogP contribution in [-0.2, 0) is 17.1 Å². The van der Waals surface area contributed by atoms with Gasteiger partial charge in [-0.3, -0.25) is 0 Å². The standard InChI is InChI=1S/C15H27N5O2S.ClH/c1-13-17-15(12-18(13)2)23(21,22)20-9-7-19(8-10-20)11-14-3-5-16-6-4-14;/h12,14,16H,3-11H2,1-2H3;1H. The third-order valence-electron chi connectivity index (χ3n) is 5.00. The second kappa shape index (κ2) is 8.14. The van der Waals surface area contributed by atoms with Crippen LogP contribution < -0.4 is 5.32 Å². The van der Waals surface area contributed by atoms with E-state index in [0.29, 0.717) is 18.9 Å². The number of piperidine rings is 1. The molecule has 2 aliphatic heterocycles. The monoisotopic (exact) mass is 377 g/mol. The second-order valence-electron chi connectivity index (χ2n) is 6.64. The SMILES string of the molecule is Cc1nc(S(=O)(=O)N2CCN(CC3CCNCC3)CC2)cn1C.Cl. The molecule has 2 saturated heterocycles. The Morgan fingerprint density at radius 3 is 2.38 bits per heavy atom. The van der Waals surface area contributed by atoms with E-state index < -0.39 is 10.0 Å². The van der Waals surface area contributed by atoms with Crippen molar-refractivity contribution in [1.29, 1.82) is 0 Å². The second-order valence-corrected chi connectivity index (χ2v) is 8.52. The van der Waals surface area contributed by atoms with Gasteiger partial charge in [-0.15, -0.1) is 12.4 Å². The minimum atomic E-state index is -3.46. The molecule has 0 spiro atoms. The lowest BCUT2D eigenvalue weighted by Gasteiger charge is -2.36. The van der Waals surface area contributed by atoms with E-state index in [1.807, 2.05) is 14.0 Å². The molecule has 1 aromatic heterocycles. The molecule has 9 heteroatoms. The lowest BCUT2D eigenvalue weighted by Crippen LogP contribution is -2.50. The molecule has 0 aromatic carbocycles. The fraction of sp³-hybridized carbons (Fsp3) is 0.800. The maximum absolute atomic E-state index is 12.7. The highest BCUT2D eigenvalue weighted by atomic mass is 35.5. The Labute approximate surface area is 150 Å². The van der Waals surface area contributed by atoms with E-state index in [1.54, 1.807) is 15.1 Å². The van der Waals surface area contributed by atoms with Crippen LogP contribution in [-0.4, -0.2) is 73.0 Å². The highest BCUT2D eigenvalue weighted by Crippen LogP contribution is 2.19. The predicted octanol–water partition coefficient (Wildman–Crippen LogP) is 0.456. The average molecular weight is 378 g/mol. The number of rotatable bonds is 4. The first-order chi connectivity index (χ1) is 11.0. The number of imidazole rings is 1. The zero-order chi connectivity index (χ0) is 16.4. The molecular weight excluding hydrogens is 350 g/mol. The first-order valence-electron chi connectivity index (χ1n) is 8.40. The van der Waals surface area contributed by atoms with Crippen molar-refractivity contribution in [2.24, 2.45) is 13.0 Å². The van der Waals surface area contributed by atoms with Gasteiger partial charge in [0.1, 0.15) is 5.82 Å². The van der Waals surface area contributed by atoms with Crippen LogP contribution in [0, 0.1) is 12.8 Å². The van der Waals surface area contributed by atoms with Crippen molar-refractivity contribution >= 4 is 22.4 Å². The molecule has 0 radical (unpaired) electrons. The van der Waals surface area contributed by atoms with Crippen LogP contribution in [0.25, 0.3) is 0 Å². The molecule has 7 nitrogen and oxygen atoms in total. The summed E-state index contributed by atoms with van der Waals surface area (Å²) < 4.78 is 28.7. The van der Waals surface area contributed by atoms with Crippen molar-refractivity contribution in [1.82, 2.24) is 24.1 Å². The van der Waals surface area contributed by atoms with Crippen LogP contribution >= 0.6 is 12.4 Å². The Bertz CT molecular complexity index is 615. The normalized spacial score (nSPS) is 21.6. The van der Waals surface area contributed by atoms with Gasteiger partial charge in [-0.25, -0.2) is 13.4 Å². The number of aromatic nitrogens is 2. The quantitative estimate of drug-likeness (QED) is 0.825. The molecule has 1 N–H and O–H groups in total. The number of piperazine rings is 1. The Hall–Kier alpha value is -0.670. The van der Waals surface area contributed by atoms with Gasteiger partial charge in [-0.05, 0) is 38.8 Å². The topological polar surface area (TPSA) is 70.5 Å². The number of hydrogen-bond acceptors (Lipinski definition) is 5. The van der Waals surface area contributed by atoms with Gasteiger partial charge < -0.3 is 14.8 Å². The molecule has 0 saturated carbocycles. The number of nitrogens with zero attached hydrogens (tertiary/aromatic N) is 4. The van der Waals surface area contributed by atoms with Gasteiger partial charge in [-0.2, -0.15) is 4.31 Å². The summed E-state index contributed by atoms with van der Waals surface area (Å²) in [7, 11) is -1.64. The fourth-order valence-corrected chi connectivity index (χ4v) is 4.81. The van der Waals surface area contributed by atoms with Gasteiger partial charge in [0.05, 0.1) is 0 Å². The van der Waals surface area contributed by atoms with E-state index in [0.717, 1.165) is 38.6 Å². The van der Waals surface area contributed by atoms with Crippen LogP contribution in [0.3, 0.4) is 0 Å². The largest absolute Gasteiger partial charge is 0.337 e. The molecule has 24 heavy (non-hydrogen) atoms. The summed E-state index contributed by atoms with van der Waals surface area (Å²) in [5.41, 5.74) is 0. The molecule has 0 atom stereocenters. The highest BCUT2D eigenvalue weighted by Gasteiger charge is 2.31. The average Bonchev–Trinajstić information content (AvgIpc) is 2.89. The Balaban J connectivity index is 0.00000208. The molecule has 3 rings (SSSR count). The number of nitrogens with one attached hydrogen (secondary N) is 1. The van der Waals surface area contributed by atoms with E-state index in [-0.39, 0.29) is 17.4 Å². The third-order valence-corrected chi connectivity index (χ3v) is 6.77. The van der Waals surface area contributed by atoms with Crippen LogP contribution in [0.4, 0.5) is 0 Å². The smallest absolute Gasteiger partial charge is 0.262 e. The molecular formula is C15H28ClN5O2S. The van der Waals surface area contributed by atoms with Gasteiger partial charge in [0, 0.05) is 46.0 Å². The molecule has 1 aromatic rings. The first-order valence-corrected chi connectivity index (χ1v) is 9.84. The minimum Gasteiger partial charge on any atom is -0.337 e. The molecule has 0 unspecified atom stereocenters. The maximum atomic E-state index is 12.7. The molecule has 3 heterocycles. The van der Waals surface area contributed by atoms with E-state index in [4.69, 9.17) is 0 Å². The lowest BCUT2D eigenvalue weighted by atomic mass is 9.97. The van der Waals surface area contributed by atoms with E-state index >= 15 is 0 Å². The Morgan fingerprint density at radius 2 is 1.83 bits per heavy atom. The molecule has 0 aliphatic carbocycles. The van der Waals surface area contributed by atoms with Gasteiger partial charge in [0.25, 0.3) is 10.0 Å². The molecule has 0 bridgehead atoms.